The SMILES string of the molecule is CC(C)(O)CCCC1CC1. The maximum absolute atomic E-state index is 9.35. The zero-order valence-electron chi connectivity index (χ0n) is 7.06. The van der Waals surface area contributed by atoms with E-state index in [1.807, 2.05) is 13.8 Å². The Balaban J connectivity index is 1.93. The standard InChI is InChI=1S/C9H18O/c1-9(2,10)7-3-4-8-5-6-8/h8,10H,3-7H2,1-2H3. The molecule has 0 bridgehead atoms. The van der Waals surface area contributed by atoms with Crippen molar-refractivity contribution >= 4 is 0 Å². The molecule has 1 fully saturated rings. The van der Waals surface area contributed by atoms with Crippen LogP contribution in [0, 0.1) is 5.92 Å². The first-order valence-electron chi connectivity index (χ1n) is 4.30. The summed E-state index contributed by atoms with van der Waals surface area (Å²) in [6.07, 6.45) is 6.37. The average Bonchev–Trinajstić information content (AvgIpc) is 2.45. The van der Waals surface area contributed by atoms with Crippen LogP contribution < -0.4 is 0 Å². The Kier molecular flexibility index (Phi) is 2.35. The van der Waals surface area contributed by atoms with E-state index in [-0.39, 0.29) is 0 Å². The minimum absolute atomic E-state index is 0.436. The van der Waals surface area contributed by atoms with Gasteiger partial charge in [0.2, 0.25) is 0 Å². The van der Waals surface area contributed by atoms with Crippen molar-refractivity contribution in [3.63, 3.8) is 0 Å². The third kappa shape index (κ3) is 3.89. The van der Waals surface area contributed by atoms with Gasteiger partial charge in [-0.2, -0.15) is 0 Å². The molecule has 0 amide bonds. The van der Waals surface area contributed by atoms with Gasteiger partial charge in [-0.1, -0.05) is 25.7 Å². The predicted molar refractivity (Wildman–Crippen MR) is 42.9 cm³/mol. The van der Waals surface area contributed by atoms with Crippen LogP contribution in [-0.4, -0.2) is 10.7 Å². The highest BCUT2D eigenvalue weighted by Crippen LogP contribution is 2.34. The molecule has 1 aliphatic rings. The molecule has 0 radical (unpaired) electrons. The molecule has 60 valence electrons. The quantitative estimate of drug-likeness (QED) is 0.638. The van der Waals surface area contributed by atoms with Crippen molar-refractivity contribution in [1.29, 1.82) is 0 Å². The third-order valence-electron chi connectivity index (χ3n) is 2.10. The van der Waals surface area contributed by atoms with E-state index in [1.54, 1.807) is 0 Å². The first-order valence-corrected chi connectivity index (χ1v) is 4.30. The summed E-state index contributed by atoms with van der Waals surface area (Å²) in [5, 5.41) is 9.35. The molecular formula is C9H18O. The number of aliphatic hydroxyl groups is 1. The smallest absolute Gasteiger partial charge is 0.0591 e. The molecule has 1 heteroatoms. The normalized spacial score (nSPS) is 19.5. The molecule has 0 atom stereocenters. The molecule has 0 aromatic rings. The van der Waals surface area contributed by atoms with Gasteiger partial charge in [-0.05, 0) is 26.2 Å². The molecule has 0 aromatic heterocycles. The lowest BCUT2D eigenvalue weighted by Crippen LogP contribution is -2.17. The van der Waals surface area contributed by atoms with E-state index in [0.29, 0.717) is 0 Å². The monoisotopic (exact) mass is 142 g/mol. The number of hydrogen-bond acceptors (Lipinski definition) is 1. The molecule has 0 aromatic carbocycles. The van der Waals surface area contributed by atoms with Crippen molar-refractivity contribution in [2.75, 3.05) is 0 Å². The number of hydrogen-bond donors (Lipinski definition) is 1. The predicted octanol–water partition coefficient (Wildman–Crippen LogP) is 2.34. The minimum Gasteiger partial charge on any atom is -0.390 e. The molecule has 0 unspecified atom stereocenters. The lowest BCUT2D eigenvalue weighted by atomic mass is 10.0. The largest absolute Gasteiger partial charge is 0.390 e. The fourth-order valence-electron chi connectivity index (χ4n) is 1.23. The van der Waals surface area contributed by atoms with Crippen LogP contribution in [0.2, 0.25) is 0 Å². The van der Waals surface area contributed by atoms with E-state index in [1.165, 1.54) is 25.7 Å². The van der Waals surface area contributed by atoms with Gasteiger partial charge >= 0.3 is 0 Å². The molecule has 0 heterocycles. The molecule has 0 saturated heterocycles. The molecule has 0 aliphatic heterocycles. The van der Waals surface area contributed by atoms with Crippen LogP contribution in [0.15, 0.2) is 0 Å². The maximum Gasteiger partial charge on any atom is 0.0591 e. The molecule has 10 heavy (non-hydrogen) atoms. The maximum atomic E-state index is 9.35. The summed E-state index contributed by atoms with van der Waals surface area (Å²) in [5.74, 6) is 1.02. The molecule has 1 aliphatic carbocycles. The Labute approximate surface area is 63.4 Å². The summed E-state index contributed by atoms with van der Waals surface area (Å²) < 4.78 is 0. The Morgan fingerprint density at radius 2 is 2.00 bits per heavy atom. The van der Waals surface area contributed by atoms with Crippen LogP contribution in [-0.2, 0) is 0 Å². The minimum atomic E-state index is -0.436. The van der Waals surface area contributed by atoms with Crippen LogP contribution in [0.25, 0.3) is 0 Å². The van der Waals surface area contributed by atoms with Gasteiger partial charge in [-0.3, -0.25) is 0 Å². The van der Waals surface area contributed by atoms with Crippen molar-refractivity contribution in [1.82, 2.24) is 0 Å². The molecule has 1 rings (SSSR count). The first-order chi connectivity index (χ1) is 4.58. The molecular weight excluding hydrogens is 124 g/mol. The lowest BCUT2D eigenvalue weighted by Gasteiger charge is -2.15. The van der Waals surface area contributed by atoms with Gasteiger partial charge in [-0.25, -0.2) is 0 Å². The summed E-state index contributed by atoms with van der Waals surface area (Å²) in [5.41, 5.74) is -0.436. The fraction of sp³-hybridized carbons (Fsp3) is 1.00. The number of rotatable bonds is 4. The van der Waals surface area contributed by atoms with Crippen LogP contribution in [0.4, 0.5) is 0 Å². The zero-order valence-corrected chi connectivity index (χ0v) is 7.06. The Bertz CT molecular complexity index is 97.8. The van der Waals surface area contributed by atoms with Crippen molar-refractivity contribution in [3.8, 4) is 0 Å². The topological polar surface area (TPSA) is 20.2 Å². The van der Waals surface area contributed by atoms with Gasteiger partial charge in [0.05, 0.1) is 5.60 Å². The molecule has 1 nitrogen and oxygen atoms in total. The second-order valence-electron chi connectivity index (χ2n) is 4.15. The van der Waals surface area contributed by atoms with E-state index < -0.39 is 5.60 Å². The van der Waals surface area contributed by atoms with E-state index in [9.17, 15) is 5.11 Å². The second-order valence-corrected chi connectivity index (χ2v) is 4.15. The second kappa shape index (κ2) is 2.91. The summed E-state index contributed by atoms with van der Waals surface area (Å²) >= 11 is 0. The lowest BCUT2D eigenvalue weighted by molar-refractivity contribution is 0.0678. The Morgan fingerprint density at radius 1 is 1.40 bits per heavy atom. The van der Waals surface area contributed by atoms with Gasteiger partial charge in [0.15, 0.2) is 0 Å². The highest BCUT2D eigenvalue weighted by Gasteiger charge is 2.21. The fourth-order valence-corrected chi connectivity index (χ4v) is 1.23. The van der Waals surface area contributed by atoms with E-state index >= 15 is 0 Å². The Morgan fingerprint density at radius 3 is 2.40 bits per heavy atom. The van der Waals surface area contributed by atoms with Crippen LogP contribution in [0.1, 0.15) is 46.0 Å². The highest BCUT2D eigenvalue weighted by atomic mass is 16.3. The van der Waals surface area contributed by atoms with Gasteiger partial charge in [0, 0.05) is 0 Å². The molecule has 1 saturated carbocycles. The average molecular weight is 142 g/mol. The summed E-state index contributed by atoms with van der Waals surface area (Å²) in [6.45, 7) is 3.78. The van der Waals surface area contributed by atoms with E-state index in [4.69, 9.17) is 0 Å². The van der Waals surface area contributed by atoms with Crippen molar-refractivity contribution in [2.45, 2.75) is 51.6 Å². The van der Waals surface area contributed by atoms with Crippen molar-refractivity contribution in [3.05, 3.63) is 0 Å². The molecule has 1 N–H and O–H groups in total. The van der Waals surface area contributed by atoms with E-state index in [0.717, 1.165) is 12.3 Å². The van der Waals surface area contributed by atoms with Gasteiger partial charge in [0.1, 0.15) is 0 Å². The Hall–Kier alpha value is -0.0400. The molecule has 0 spiro atoms. The summed E-state index contributed by atoms with van der Waals surface area (Å²) in [6, 6.07) is 0. The van der Waals surface area contributed by atoms with E-state index in [2.05, 4.69) is 0 Å². The van der Waals surface area contributed by atoms with Crippen LogP contribution in [0.3, 0.4) is 0 Å². The third-order valence-corrected chi connectivity index (χ3v) is 2.10. The van der Waals surface area contributed by atoms with Gasteiger partial charge in [0.25, 0.3) is 0 Å². The highest BCUT2D eigenvalue weighted by molar-refractivity contribution is 4.74. The van der Waals surface area contributed by atoms with Gasteiger partial charge in [-0.15, -0.1) is 0 Å². The zero-order chi connectivity index (χ0) is 7.61. The summed E-state index contributed by atoms with van der Waals surface area (Å²) in [4.78, 5) is 0. The first kappa shape index (κ1) is 8.06. The van der Waals surface area contributed by atoms with Crippen LogP contribution >= 0.6 is 0 Å². The van der Waals surface area contributed by atoms with Crippen molar-refractivity contribution < 1.29 is 5.11 Å². The van der Waals surface area contributed by atoms with Gasteiger partial charge < -0.3 is 5.11 Å². The summed E-state index contributed by atoms with van der Waals surface area (Å²) in [7, 11) is 0. The van der Waals surface area contributed by atoms with Crippen molar-refractivity contribution in [2.24, 2.45) is 5.92 Å². The van der Waals surface area contributed by atoms with Crippen LogP contribution in [0.5, 0.6) is 0 Å².